The van der Waals surface area contributed by atoms with Gasteiger partial charge in [-0.05, 0) is 30.9 Å². The SMILES string of the molecule is CCCc1c(C(=O)N(CC(C)C)[C@@H]2CNC[C@H](C(=O)N3CCOCC3)C2)nnn1-c1ccccc1F.O=C(O)C=CC(=O)O. The Kier molecular flexibility index (Phi) is 13.0. The van der Waals surface area contributed by atoms with Gasteiger partial charge in [-0.1, -0.05) is 44.5 Å². The molecule has 0 saturated carbocycles. The van der Waals surface area contributed by atoms with Gasteiger partial charge >= 0.3 is 11.9 Å². The Balaban J connectivity index is 0.000000583. The first-order chi connectivity index (χ1) is 21.0. The number of para-hydroxylation sites is 1. The molecule has 0 spiro atoms. The topological polar surface area (TPSA) is 167 Å². The number of nitrogens with one attached hydrogen (secondary N) is 1. The molecule has 44 heavy (non-hydrogen) atoms. The van der Waals surface area contributed by atoms with Crippen molar-refractivity contribution in [3.05, 3.63) is 53.6 Å². The maximum atomic E-state index is 14.6. The molecule has 2 amide bonds. The van der Waals surface area contributed by atoms with Gasteiger partial charge in [-0.25, -0.2) is 18.7 Å². The summed E-state index contributed by atoms with van der Waals surface area (Å²) in [5.74, 6) is -3.02. The number of amides is 2. The van der Waals surface area contributed by atoms with Crippen molar-refractivity contribution in [3.63, 3.8) is 0 Å². The number of carbonyl (C=O) groups is 4. The molecule has 2 aliphatic heterocycles. The van der Waals surface area contributed by atoms with Gasteiger partial charge in [-0.2, -0.15) is 0 Å². The van der Waals surface area contributed by atoms with Gasteiger partial charge in [0.05, 0.1) is 24.8 Å². The molecule has 2 aromatic rings. The van der Waals surface area contributed by atoms with Crippen molar-refractivity contribution < 1.29 is 38.5 Å². The standard InChI is InChI=1S/C26H37FN6O3.C4H4O4/c1-4-7-23-24(29-30-33(23)22-9-6-5-8-21(22)27)26(35)32(17-18(2)3)20-14-19(15-28-16-20)25(34)31-10-12-36-13-11-31;5-3(6)1-2-4(7)8/h5-6,8-9,18-20,28H,4,7,10-17H2,1-3H3;1-2H,(H,5,6)(H,7,8)/t19-,20+;/m1./s1. The summed E-state index contributed by atoms with van der Waals surface area (Å²) in [4.78, 5) is 50.0. The molecule has 2 aliphatic rings. The fraction of sp³-hybridized carbons (Fsp3) is 0.533. The maximum absolute atomic E-state index is 14.6. The van der Waals surface area contributed by atoms with Crippen LogP contribution in [0.5, 0.6) is 0 Å². The molecule has 240 valence electrons. The summed E-state index contributed by atoms with van der Waals surface area (Å²) >= 11 is 0. The predicted molar refractivity (Wildman–Crippen MR) is 158 cm³/mol. The van der Waals surface area contributed by atoms with Crippen LogP contribution in [-0.2, 0) is 25.5 Å². The number of ether oxygens (including phenoxy) is 1. The highest BCUT2D eigenvalue weighted by Gasteiger charge is 2.37. The van der Waals surface area contributed by atoms with E-state index in [9.17, 15) is 23.6 Å². The van der Waals surface area contributed by atoms with Gasteiger partial charge < -0.3 is 30.1 Å². The van der Waals surface area contributed by atoms with Gasteiger partial charge in [-0.3, -0.25) is 9.59 Å². The van der Waals surface area contributed by atoms with Crippen LogP contribution < -0.4 is 5.32 Å². The van der Waals surface area contributed by atoms with Crippen molar-refractivity contribution in [2.24, 2.45) is 11.8 Å². The summed E-state index contributed by atoms with van der Waals surface area (Å²) in [7, 11) is 0. The molecule has 14 heteroatoms. The Morgan fingerprint density at radius 3 is 2.36 bits per heavy atom. The second kappa shape index (κ2) is 16.6. The lowest BCUT2D eigenvalue weighted by molar-refractivity contribution is -0.140. The number of benzene rings is 1. The third-order valence-electron chi connectivity index (χ3n) is 7.16. The summed E-state index contributed by atoms with van der Waals surface area (Å²) in [6.45, 7) is 10.2. The van der Waals surface area contributed by atoms with Crippen LogP contribution >= 0.6 is 0 Å². The van der Waals surface area contributed by atoms with Gasteiger partial charge in [0.25, 0.3) is 5.91 Å². The number of nitrogens with zero attached hydrogens (tertiary/aromatic N) is 5. The summed E-state index contributed by atoms with van der Waals surface area (Å²) in [6, 6.07) is 6.21. The van der Waals surface area contributed by atoms with Crippen molar-refractivity contribution in [3.8, 4) is 5.69 Å². The molecular weight excluding hydrogens is 575 g/mol. The van der Waals surface area contributed by atoms with Crippen molar-refractivity contribution in [1.29, 1.82) is 0 Å². The number of aromatic nitrogens is 3. The minimum Gasteiger partial charge on any atom is -0.478 e. The van der Waals surface area contributed by atoms with Crippen LogP contribution in [0.4, 0.5) is 4.39 Å². The van der Waals surface area contributed by atoms with Crippen LogP contribution in [0.25, 0.3) is 5.69 Å². The normalized spacial score (nSPS) is 18.5. The van der Waals surface area contributed by atoms with E-state index in [1.54, 1.807) is 18.2 Å². The monoisotopic (exact) mass is 616 g/mol. The molecule has 3 heterocycles. The van der Waals surface area contributed by atoms with Crippen molar-refractivity contribution in [1.82, 2.24) is 30.1 Å². The largest absolute Gasteiger partial charge is 0.478 e. The zero-order valence-electron chi connectivity index (χ0n) is 25.3. The number of carbonyl (C=O) groups excluding carboxylic acids is 2. The molecule has 2 saturated heterocycles. The summed E-state index contributed by atoms with van der Waals surface area (Å²) in [5, 5.41) is 27.4. The van der Waals surface area contributed by atoms with Gasteiger partial charge in [0.1, 0.15) is 11.5 Å². The van der Waals surface area contributed by atoms with Gasteiger partial charge in [0.2, 0.25) is 5.91 Å². The molecule has 0 radical (unpaired) electrons. The molecule has 3 N–H and O–H groups in total. The van der Waals surface area contributed by atoms with Gasteiger partial charge in [-0.15, -0.1) is 5.10 Å². The number of aliphatic carboxylic acids is 2. The van der Waals surface area contributed by atoms with E-state index in [1.165, 1.54) is 10.7 Å². The van der Waals surface area contributed by atoms with Crippen LogP contribution in [0.15, 0.2) is 36.4 Å². The molecule has 0 aliphatic carbocycles. The van der Waals surface area contributed by atoms with E-state index in [0.717, 1.165) is 6.42 Å². The fourth-order valence-corrected chi connectivity index (χ4v) is 5.20. The van der Waals surface area contributed by atoms with E-state index in [-0.39, 0.29) is 41.1 Å². The summed E-state index contributed by atoms with van der Waals surface area (Å²) in [6.07, 6.45) is 3.00. The zero-order valence-corrected chi connectivity index (χ0v) is 25.3. The summed E-state index contributed by atoms with van der Waals surface area (Å²) < 4.78 is 21.4. The number of rotatable bonds is 10. The predicted octanol–water partition coefficient (Wildman–Crippen LogP) is 2.01. The smallest absolute Gasteiger partial charge is 0.328 e. The molecular formula is C30H41FN6O7. The van der Waals surface area contributed by atoms with Gasteiger partial charge in [0, 0.05) is 50.9 Å². The minimum absolute atomic E-state index is 0.115. The van der Waals surface area contributed by atoms with E-state index in [0.29, 0.717) is 76.6 Å². The van der Waals surface area contributed by atoms with Crippen LogP contribution in [0, 0.1) is 17.7 Å². The number of carboxylic acid groups (broad SMARTS) is 2. The lowest BCUT2D eigenvalue weighted by atomic mass is 9.92. The van der Waals surface area contributed by atoms with Crippen molar-refractivity contribution >= 4 is 23.8 Å². The lowest BCUT2D eigenvalue weighted by Crippen LogP contribution is -2.56. The number of hydrogen-bond donors (Lipinski definition) is 3. The first kappa shape index (κ1) is 34.3. The third kappa shape index (κ3) is 9.41. The van der Waals surface area contributed by atoms with E-state index >= 15 is 0 Å². The maximum Gasteiger partial charge on any atom is 0.328 e. The Morgan fingerprint density at radius 1 is 1.11 bits per heavy atom. The van der Waals surface area contributed by atoms with E-state index in [2.05, 4.69) is 29.5 Å². The van der Waals surface area contributed by atoms with E-state index < -0.39 is 17.8 Å². The molecule has 0 bridgehead atoms. The number of piperidine rings is 1. The van der Waals surface area contributed by atoms with E-state index in [4.69, 9.17) is 14.9 Å². The van der Waals surface area contributed by atoms with Crippen LogP contribution in [0.3, 0.4) is 0 Å². The Labute approximate surface area is 255 Å². The number of hydrogen-bond acceptors (Lipinski definition) is 8. The highest BCUT2D eigenvalue weighted by atomic mass is 19.1. The second-order valence-corrected chi connectivity index (χ2v) is 11.0. The second-order valence-electron chi connectivity index (χ2n) is 11.0. The van der Waals surface area contributed by atoms with Crippen molar-refractivity contribution in [2.75, 3.05) is 45.9 Å². The zero-order chi connectivity index (χ0) is 32.2. The number of halogens is 1. The molecule has 1 aromatic carbocycles. The average molecular weight is 617 g/mol. The average Bonchev–Trinajstić information content (AvgIpc) is 3.42. The Bertz CT molecular complexity index is 1310. The Morgan fingerprint density at radius 2 is 1.77 bits per heavy atom. The highest BCUT2D eigenvalue weighted by molar-refractivity contribution is 5.94. The fourth-order valence-electron chi connectivity index (χ4n) is 5.20. The third-order valence-corrected chi connectivity index (χ3v) is 7.16. The first-order valence-electron chi connectivity index (χ1n) is 14.7. The molecule has 0 unspecified atom stereocenters. The minimum atomic E-state index is -1.26. The van der Waals surface area contributed by atoms with Crippen LogP contribution in [0.1, 0.15) is 49.8 Å². The van der Waals surface area contributed by atoms with E-state index in [1.807, 2.05) is 16.7 Å². The highest BCUT2D eigenvalue weighted by Crippen LogP contribution is 2.24. The Hall–Kier alpha value is -4.17. The number of morpholine rings is 1. The molecule has 4 rings (SSSR count). The molecule has 2 fully saturated rings. The van der Waals surface area contributed by atoms with Crippen molar-refractivity contribution in [2.45, 2.75) is 46.1 Å². The van der Waals surface area contributed by atoms with Crippen LogP contribution in [-0.4, -0.2) is 111 Å². The summed E-state index contributed by atoms with van der Waals surface area (Å²) in [5.41, 5.74) is 1.13. The quantitative estimate of drug-likeness (QED) is 0.336. The molecule has 13 nitrogen and oxygen atoms in total. The molecule has 2 atom stereocenters. The lowest BCUT2D eigenvalue weighted by Gasteiger charge is -2.40. The first-order valence-corrected chi connectivity index (χ1v) is 14.7. The van der Waals surface area contributed by atoms with Crippen LogP contribution in [0.2, 0.25) is 0 Å². The van der Waals surface area contributed by atoms with Gasteiger partial charge in [0.15, 0.2) is 5.69 Å². The molecule has 1 aromatic heterocycles. The number of carboxylic acids is 2.